The Kier molecular flexibility index (Phi) is 4.82. The minimum atomic E-state index is 0.349. The average Bonchev–Trinajstić information content (AvgIpc) is 2.70. The summed E-state index contributed by atoms with van der Waals surface area (Å²) >= 11 is 3.48. The number of rotatable bonds is 4. The van der Waals surface area contributed by atoms with Gasteiger partial charge in [0.2, 0.25) is 0 Å². The molecule has 0 bridgehead atoms. The summed E-state index contributed by atoms with van der Waals surface area (Å²) in [7, 11) is 0. The maximum absolute atomic E-state index is 4.63. The Morgan fingerprint density at radius 2 is 2.11 bits per heavy atom. The number of nitrogens with one attached hydrogen (secondary N) is 1. The smallest absolute Gasteiger partial charge is 0.134 e. The van der Waals surface area contributed by atoms with Crippen molar-refractivity contribution in [1.82, 2.24) is 9.97 Å². The Morgan fingerprint density at radius 3 is 2.68 bits per heavy atom. The summed E-state index contributed by atoms with van der Waals surface area (Å²) in [4.78, 5) is 9.05. The zero-order valence-corrected chi connectivity index (χ0v) is 13.9. The molecule has 3 atom stereocenters. The zero-order valence-electron chi connectivity index (χ0n) is 12.3. The van der Waals surface area contributed by atoms with Gasteiger partial charge in [-0.1, -0.05) is 34.1 Å². The standard InChI is InChI=1S/C15H24BrN3/c1-5-11-6-7-12(10(11)4)17-14-8-13(16)18-15(19-14)9(2)3/h8-12H,5-7H2,1-4H3,(H,17,18,19). The van der Waals surface area contributed by atoms with Gasteiger partial charge in [0, 0.05) is 18.0 Å². The first-order chi connectivity index (χ1) is 9.01. The van der Waals surface area contributed by atoms with Crippen molar-refractivity contribution in [2.75, 3.05) is 5.32 Å². The SMILES string of the molecule is CCC1CCC(Nc2cc(Br)nc(C(C)C)n2)C1C. The van der Waals surface area contributed by atoms with Crippen molar-refractivity contribution in [3.05, 3.63) is 16.5 Å². The summed E-state index contributed by atoms with van der Waals surface area (Å²) in [5.41, 5.74) is 0. The predicted octanol–water partition coefficient (Wildman–Crippen LogP) is 4.60. The third-order valence-electron chi connectivity index (χ3n) is 4.31. The van der Waals surface area contributed by atoms with Gasteiger partial charge in [-0.05, 0) is 40.6 Å². The van der Waals surface area contributed by atoms with Crippen LogP contribution in [-0.4, -0.2) is 16.0 Å². The van der Waals surface area contributed by atoms with E-state index in [9.17, 15) is 0 Å². The molecule has 1 heterocycles. The van der Waals surface area contributed by atoms with Gasteiger partial charge in [-0.25, -0.2) is 9.97 Å². The van der Waals surface area contributed by atoms with Gasteiger partial charge in [-0.3, -0.25) is 0 Å². The molecule has 0 aromatic carbocycles. The largest absolute Gasteiger partial charge is 0.367 e. The van der Waals surface area contributed by atoms with Gasteiger partial charge >= 0.3 is 0 Å². The van der Waals surface area contributed by atoms with E-state index in [-0.39, 0.29) is 0 Å². The van der Waals surface area contributed by atoms with Crippen LogP contribution in [0.4, 0.5) is 5.82 Å². The first-order valence-corrected chi connectivity index (χ1v) is 8.11. The second kappa shape index (κ2) is 6.21. The van der Waals surface area contributed by atoms with Crippen LogP contribution < -0.4 is 5.32 Å². The van der Waals surface area contributed by atoms with E-state index >= 15 is 0 Å². The number of hydrogen-bond acceptors (Lipinski definition) is 3. The lowest BCUT2D eigenvalue weighted by Gasteiger charge is -2.22. The topological polar surface area (TPSA) is 37.8 Å². The normalized spacial score (nSPS) is 26.9. The molecule has 3 nitrogen and oxygen atoms in total. The van der Waals surface area contributed by atoms with Crippen molar-refractivity contribution in [2.24, 2.45) is 11.8 Å². The van der Waals surface area contributed by atoms with Crippen molar-refractivity contribution in [2.45, 2.75) is 58.9 Å². The van der Waals surface area contributed by atoms with Crippen LogP contribution in [0.1, 0.15) is 58.7 Å². The highest BCUT2D eigenvalue weighted by molar-refractivity contribution is 9.10. The molecule has 1 aromatic rings. The highest BCUT2D eigenvalue weighted by Gasteiger charge is 2.31. The lowest BCUT2D eigenvalue weighted by molar-refractivity contribution is 0.391. The highest BCUT2D eigenvalue weighted by atomic mass is 79.9. The molecule has 1 fully saturated rings. The number of aromatic nitrogens is 2. The fraction of sp³-hybridized carbons (Fsp3) is 0.733. The molecule has 0 amide bonds. The maximum Gasteiger partial charge on any atom is 0.134 e. The second-order valence-electron chi connectivity index (χ2n) is 5.94. The Balaban J connectivity index is 2.11. The fourth-order valence-electron chi connectivity index (χ4n) is 2.98. The van der Waals surface area contributed by atoms with Gasteiger partial charge < -0.3 is 5.32 Å². The van der Waals surface area contributed by atoms with Crippen LogP contribution >= 0.6 is 15.9 Å². The molecule has 106 valence electrons. The number of hydrogen-bond donors (Lipinski definition) is 1. The van der Waals surface area contributed by atoms with Crippen LogP contribution in [0, 0.1) is 11.8 Å². The second-order valence-corrected chi connectivity index (χ2v) is 6.76. The van der Waals surface area contributed by atoms with Gasteiger partial charge in [-0.2, -0.15) is 0 Å². The first-order valence-electron chi connectivity index (χ1n) is 7.32. The van der Waals surface area contributed by atoms with Gasteiger partial charge in [0.25, 0.3) is 0 Å². The molecule has 1 aromatic heterocycles. The van der Waals surface area contributed by atoms with Crippen molar-refractivity contribution in [3.63, 3.8) is 0 Å². The van der Waals surface area contributed by atoms with E-state index in [4.69, 9.17) is 0 Å². The molecular formula is C15H24BrN3. The van der Waals surface area contributed by atoms with Crippen molar-refractivity contribution in [3.8, 4) is 0 Å². The fourth-order valence-corrected chi connectivity index (χ4v) is 3.38. The molecule has 0 spiro atoms. The molecule has 0 aliphatic heterocycles. The summed E-state index contributed by atoms with van der Waals surface area (Å²) in [6, 6.07) is 2.53. The van der Waals surface area contributed by atoms with Crippen molar-refractivity contribution in [1.29, 1.82) is 0 Å². The van der Waals surface area contributed by atoms with E-state index in [0.29, 0.717) is 12.0 Å². The molecule has 0 saturated heterocycles. The Hall–Kier alpha value is -0.640. The monoisotopic (exact) mass is 325 g/mol. The predicted molar refractivity (Wildman–Crippen MR) is 83.4 cm³/mol. The van der Waals surface area contributed by atoms with Crippen LogP contribution in [0.3, 0.4) is 0 Å². The Labute approximate surface area is 124 Å². The van der Waals surface area contributed by atoms with E-state index in [2.05, 4.69) is 58.9 Å². The summed E-state index contributed by atoms with van der Waals surface area (Å²) in [6.07, 6.45) is 3.86. The molecule has 1 aliphatic rings. The van der Waals surface area contributed by atoms with E-state index in [0.717, 1.165) is 28.1 Å². The minimum Gasteiger partial charge on any atom is -0.367 e. The lowest BCUT2D eigenvalue weighted by Crippen LogP contribution is -2.25. The highest BCUT2D eigenvalue weighted by Crippen LogP contribution is 2.35. The van der Waals surface area contributed by atoms with Crippen molar-refractivity contribution < 1.29 is 0 Å². The number of nitrogens with zero attached hydrogens (tertiary/aromatic N) is 2. The summed E-state index contributed by atoms with van der Waals surface area (Å²) in [5.74, 6) is 3.78. The van der Waals surface area contributed by atoms with Gasteiger partial charge in [0.05, 0.1) is 0 Å². The molecule has 3 unspecified atom stereocenters. The van der Waals surface area contributed by atoms with Crippen LogP contribution in [0.2, 0.25) is 0 Å². The van der Waals surface area contributed by atoms with Crippen LogP contribution in [-0.2, 0) is 0 Å². The van der Waals surface area contributed by atoms with Crippen LogP contribution in [0.25, 0.3) is 0 Å². The molecule has 1 aliphatic carbocycles. The molecule has 1 saturated carbocycles. The quantitative estimate of drug-likeness (QED) is 0.822. The molecular weight excluding hydrogens is 302 g/mol. The molecule has 4 heteroatoms. The molecule has 2 rings (SSSR count). The van der Waals surface area contributed by atoms with Gasteiger partial charge in [0.15, 0.2) is 0 Å². The lowest BCUT2D eigenvalue weighted by atomic mass is 9.93. The van der Waals surface area contributed by atoms with Gasteiger partial charge in [-0.15, -0.1) is 0 Å². The first kappa shape index (κ1) is 14.8. The van der Waals surface area contributed by atoms with E-state index in [1.54, 1.807) is 0 Å². The number of anilines is 1. The summed E-state index contributed by atoms with van der Waals surface area (Å²) < 4.78 is 0.867. The zero-order chi connectivity index (χ0) is 14.0. The van der Waals surface area contributed by atoms with E-state index in [1.807, 2.05) is 6.07 Å². The average molecular weight is 326 g/mol. The molecule has 1 N–H and O–H groups in total. The van der Waals surface area contributed by atoms with E-state index in [1.165, 1.54) is 19.3 Å². The summed E-state index contributed by atoms with van der Waals surface area (Å²) in [6.45, 7) is 8.90. The Bertz CT molecular complexity index is 433. The van der Waals surface area contributed by atoms with Gasteiger partial charge in [0.1, 0.15) is 16.2 Å². The van der Waals surface area contributed by atoms with E-state index < -0.39 is 0 Å². The van der Waals surface area contributed by atoms with Crippen LogP contribution in [0.5, 0.6) is 0 Å². The Morgan fingerprint density at radius 1 is 1.37 bits per heavy atom. The molecule has 0 radical (unpaired) electrons. The van der Waals surface area contributed by atoms with Crippen LogP contribution in [0.15, 0.2) is 10.7 Å². The minimum absolute atomic E-state index is 0.349. The number of halogens is 1. The summed E-state index contributed by atoms with van der Waals surface area (Å²) in [5, 5.41) is 3.61. The third-order valence-corrected chi connectivity index (χ3v) is 4.72. The maximum atomic E-state index is 4.63. The third kappa shape index (κ3) is 3.47. The van der Waals surface area contributed by atoms with Crippen molar-refractivity contribution >= 4 is 21.7 Å². The molecule has 19 heavy (non-hydrogen) atoms.